The molecule has 2 N–H and O–H groups in total. The molecule has 14 heteroatoms. The van der Waals surface area contributed by atoms with Crippen LogP contribution in [0.15, 0.2) is 46.0 Å². The number of ether oxygens (including phenoxy) is 2. The Morgan fingerprint density at radius 1 is 1.21 bits per heavy atom. The summed E-state index contributed by atoms with van der Waals surface area (Å²) in [4.78, 5) is 35.0. The molecule has 33 heavy (non-hydrogen) atoms. The first kappa shape index (κ1) is 22.3. The normalized spacial score (nSPS) is 12.0. The lowest BCUT2D eigenvalue weighted by atomic mass is 10.1. The van der Waals surface area contributed by atoms with Crippen molar-refractivity contribution in [3.05, 3.63) is 67.1 Å². The summed E-state index contributed by atoms with van der Waals surface area (Å²) in [6.07, 6.45) is 0.994. The van der Waals surface area contributed by atoms with Crippen LogP contribution in [0.4, 0.5) is 10.8 Å². The molecule has 0 bridgehead atoms. The van der Waals surface area contributed by atoms with E-state index in [9.17, 15) is 19.7 Å². The third kappa shape index (κ3) is 5.48. The Balaban J connectivity index is 1.34. The maximum absolute atomic E-state index is 12.2. The summed E-state index contributed by atoms with van der Waals surface area (Å²) >= 11 is 4.34. The van der Waals surface area contributed by atoms with Gasteiger partial charge in [0.25, 0.3) is 11.6 Å². The summed E-state index contributed by atoms with van der Waals surface area (Å²) in [6, 6.07) is 9.42. The van der Waals surface area contributed by atoms with Gasteiger partial charge in [0.15, 0.2) is 11.5 Å². The molecule has 3 aromatic rings. The molecule has 1 aromatic heterocycles. The lowest BCUT2D eigenvalue weighted by Gasteiger charge is -2.01. The number of hydrazone groups is 1. The molecule has 2 amide bonds. The maximum atomic E-state index is 12.2. The average molecular weight is 533 g/mol. The van der Waals surface area contributed by atoms with E-state index in [1.165, 1.54) is 12.1 Å². The largest absolute Gasteiger partial charge is 0.454 e. The molecular weight excluding hydrogens is 520 g/mol. The average Bonchev–Trinajstić information content (AvgIpc) is 3.42. The Hall–Kier alpha value is -3.91. The number of hydrogen-bond donors (Lipinski definition) is 2. The summed E-state index contributed by atoms with van der Waals surface area (Å²) in [5, 5.41) is 26.0. The van der Waals surface area contributed by atoms with E-state index in [4.69, 9.17) is 9.47 Å². The standard InChI is InChI=1S/C19H13BrN6O6S/c20-12-3-1-10(2-4-12)18(28)22-19-25-24-17(33-19)7-16(27)23-21-8-11-5-14-15(32-9-31-14)6-13(11)26(29)30/h1-6,8H,7,9H2,(H,23,27)(H,22,25,28)/b21-8-. The van der Waals surface area contributed by atoms with Gasteiger partial charge in [0.2, 0.25) is 17.8 Å². The van der Waals surface area contributed by atoms with Gasteiger partial charge < -0.3 is 9.47 Å². The number of anilines is 1. The summed E-state index contributed by atoms with van der Waals surface area (Å²) in [6.45, 7) is -0.0305. The van der Waals surface area contributed by atoms with Crippen molar-refractivity contribution in [2.24, 2.45) is 5.10 Å². The number of nitro groups is 1. The van der Waals surface area contributed by atoms with Crippen LogP contribution < -0.4 is 20.2 Å². The third-order valence-corrected chi connectivity index (χ3v) is 5.58. The van der Waals surface area contributed by atoms with Crippen LogP contribution >= 0.6 is 27.3 Å². The van der Waals surface area contributed by atoms with Crippen LogP contribution in [0.5, 0.6) is 11.5 Å². The van der Waals surface area contributed by atoms with Crippen molar-refractivity contribution >= 4 is 56.1 Å². The second-order valence-electron chi connectivity index (χ2n) is 6.45. The monoisotopic (exact) mass is 532 g/mol. The van der Waals surface area contributed by atoms with Gasteiger partial charge in [0.05, 0.1) is 29.2 Å². The molecule has 0 atom stereocenters. The molecule has 0 fully saturated rings. The minimum atomic E-state index is -0.587. The molecule has 4 rings (SSSR count). The lowest BCUT2D eigenvalue weighted by Crippen LogP contribution is -2.19. The Morgan fingerprint density at radius 3 is 2.67 bits per heavy atom. The second kappa shape index (κ2) is 9.70. The van der Waals surface area contributed by atoms with Crippen LogP contribution in [0.25, 0.3) is 0 Å². The SMILES string of the molecule is O=C(Cc1nnc(NC(=O)c2ccc(Br)cc2)s1)N/N=C\c1cc2c(cc1[N+](=O)[O-])OCO2. The van der Waals surface area contributed by atoms with E-state index in [0.717, 1.165) is 22.0 Å². The fourth-order valence-electron chi connectivity index (χ4n) is 2.71. The zero-order valence-corrected chi connectivity index (χ0v) is 18.9. The van der Waals surface area contributed by atoms with Gasteiger partial charge in [0.1, 0.15) is 5.01 Å². The number of hydrogen-bond acceptors (Lipinski definition) is 10. The van der Waals surface area contributed by atoms with Crippen molar-refractivity contribution in [1.29, 1.82) is 0 Å². The molecule has 0 saturated heterocycles. The van der Waals surface area contributed by atoms with Crippen LogP contribution in [0.1, 0.15) is 20.9 Å². The van der Waals surface area contributed by atoms with Crippen molar-refractivity contribution < 1.29 is 24.0 Å². The van der Waals surface area contributed by atoms with E-state index >= 15 is 0 Å². The number of rotatable bonds is 7. The van der Waals surface area contributed by atoms with Crippen molar-refractivity contribution in [1.82, 2.24) is 15.6 Å². The summed E-state index contributed by atoms with van der Waals surface area (Å²) in [5.74, 6) is -0.261. The number of amides is 2. The molecule has 0 spiro atoms. The van der Waals surface area contributed by atoms with Crippen LogP contribution in [0.2, 0.25) is 0 Å². The van der Waals surface area contributed by atoms with Crippen LogP contribution in [-0.4, -0.2) is 39.9 Å². The highest BCUT2D eigenvalue weighted by Gasteiger charge is 2.22. The van der Waals surface area contributed by atoms with Crippen LogP contribution in [-0.2, 0) is 11.2 Å². The summed E-state index contributed by atoms with van der Waals surface area (Å²) in [7, 11) is 0. The topological polar surface area (TPSA) is 158 Å². The molecule has 0 radical (unpaired) electrons. The van der Waals surface area contributed by atoms with Gasteiger partial charge in [-0.15, -0.1) is 10.2 Å². The van der Waals surface area contributed by atoms with E-state index in [-0.39, 0.29) is 41.3 Å². The second-order valence-corrected chi connectivity index (χ2v) is 8.43. The molecule has 1 aliphatic rings. The van der Waals surface area contributed by atoms with Crippen LogP contribution in [0, 0.1) is 10.1 Å². The first-order chi connectivity index (χ1) is 15.9. The van der Waals surface area contributed by atoms with Gasteiger partial charge in [-0.05, 0) is 30.3 Å². The number of carbonyl (C=O) groups excluding carboxylic acids is 2. The fraction of sp³-hybridized carbons (Fsp3) is 0.105. The van der Waals surface area contributed by atoms with Crippen molar-refractivity contribution in [3.63, 3.8) is 0 Å². The minimum absolute atomic E-state index is 0.0305. The van der Waals surface area contributed by atoms with E-state index in [1.54, 1.807) is 24.3 Å². The Kier molecular flexibility index (Phi) is 6.55. The number of aromatic nitrogens is 2. The smallest absolute Gasteiger partial charge is 0.282 e. The Bertz CT molecular complexity index is 1260. The van der Waals surface area contributed by atoms with Gasteiger partial charge in [-0.1, -0.05) is 27.3 Å². The third-order valence-electron chi connectivity index (χ3n) is 4.22. The molecule has 2 heterocycles. The summed E-state index contributed by atoms with van der Waals surface area (Å²) in [5.41, 5.74) is 2.62. The number of fused-ring (bicyclic) bond motifs is 1. The molecule has 12 nitrogen and oxygen atoms in total. The number of carbonyl (C=O) groups is 2. The minimum Gasteiger partial charge on any atom is -0.454 e. The molecular formula is C19H13BrN6O6S. The van der Waals surface area contributed by atoms with Crippen LogP contribution in [0.3, 0.4) is 0 Å². The number of halogens is 1. The van der Waals surface area contributed by atoms with E-state index in [2.05, 4.69) is 42.0 Å². The maximum Gasteiger partial charge on any atom is 0.282 e. The first-order valence-electron chi connectivity index (χ1n) is 9.18. The quantitative estimate of drug-likeness (QED) is 0.267. The van der Waals surface area contributed by atoms with Gasteiger partial charge in [-0.2, -0.15) is 5.10 Å². The molecule has 0 unspecified atom stereocenters. The highest BCUT2D eigenvalue weighted by Crippen LogP contribution is 2.37. The lowest BCUT2D eigenvalue weighted by molar-refractivity contribution is -0.385. The van der Waals surface area contributed by atoms with Gasteiger partial charge in [0, 0.05) is 10.0 Å². The Labute approximate surface area is 197 Å². The zero-order valence-electron chi connectivity index (χ0n) is 16.5. The van der Waals surface area contributed by atoms with Crippen molar-refractivity contribution in [2.75, 3.05) is 12.1 Å². The van der Waals surface area contributed by atoms with E-state index in [0.29, 0.717) is 16.3 Å². The van der Waals surface area contributed by atoms with E-state index < -0.39 is 10.8 Å². The Morgan fingerprint density at radius 2 is 1.94 bits per heavy atom. The first-order valence-corrected chi connectivity index (χ1v) is 10.8. The molecule has 0 aliphatic carbocycles. The van der Waals surface area contributed by atoms with Gasteiger partial charge >= 0.3 is 0 Å². The molecule has 1 aliphatic heterocycles. The van der Waals surface area contributed by atoms with Gasteiger partial charge in [-0.25, -0.2) is 5.43 Å². The van der Waals surface area contributed by atoms with Gasteiger partial charge in [-0.3, -0.25) is 25.0 Å². The summed E-state index contributed by atoms with van der Waals surface area (Å²) < 4.78 is 11.2. The molecule has 0 saturated carbocycles. The number of benzene rings is 2. The van der Waals surface area contributed by atoms with Crippen molar-refractivity contribution in [2.45, 2.75) is 6.42 Å². The highest BCUT2D eigenvalue weighted by molar-refractivity contribution is 9.10. The number of nitrogens with one attached hydrogen (secondary N) is 2. The number of nitrogens with zero attached hydrogens (tertiary/aromatic N) is 4. The molecule has 168 valence electrons. The predicted molar refractivity (Wildman–Crippen MR) is 121 cm³/mol. The fourth-order valence-corrected chi connectivity index (χ4v) is 3.70. The number of nitro benzene ring substituents is 1. The predicted octanol–water partition coefficient (Wildman–Crippen LogP) is 2.88. The molecule has 2 aromatic carbocycles. The zero-order chi connectivity index (χ0) is 23.4. The van der Waals surface area contributed by atoms with Crippen molar-refractivity contribution in [3.8, 4) is 11.5 Å². The highest BCUT2D eigenvalue weighted by atomic mass is 79.9. The van der Waals surface area contributed by atoms with E-state index in [1.807, 2.05) is 0 Å².